The second kappa shape index (κ2) is 5.65. The lowest BCUT2D eigenvalue weighted by molar-refractivity contribution is 0.0840. The Morgan fingerprint density at radius 1 is 1.24 bits per heavy atom. The van der Waals surface area contributed by atoms with E-state index < -0.39 is 0 Å². The topological polar surface area (TPSA) is 46.2 Å². The number of hydrogen-bond acceptors (Lipinski definition) is 2. The predicted octanol–water partition coefficient (Wildman–Crippen LogP) is 2.44. The smallest absolute Gasteiger partial charge is 0.0505 e. The minimum absolute atomic E-state index is 0.148. The highest BCUT2D eigenvalue weighted by molar-refractivity contribution is 5.34. The lowest BCUT2D eigenvalue weighted by atomic mass is 9.72. The molecule has 0 heterocycles. The van der Waals surface area contributed by atoms with Crippen molar-refractivity contribution in [1.29, 1.82) is 0 Å². The van der Waals surface area contributed by atoms with Crippen LogP contribution in [0, 0.1) is 25.2 Å². The molecule has 2 nitrogen and oxygen atoms in total. The molecule has 1 aromatic rings. The predicted molar refractivity (Wildman–Crippen MR) is 73.0 cm³/mol. The lowest BCUT2D eigenvalue weighted by Gasteiger charge is -2.35. The SMILES string of the molecule is Cc1cccc(C)c1CC(CN)(CO)C(C)C. The third-order valence-electron chi connectivity index (χ3n) is 4.12. The van der Waals surface area contributed by atoms with Gasteiger partial charge in [0, 0.05) is 12.0 Å². The third-order valence-corrected chi connectivity index (χ3v) is 4.12. The second-order valence-electron chi connectivity index (χ2n) is 5.43. The van der Waals surface area contributed by atoms with E-state index in [0.29, 0.717) is 12.5 Å². The van der Waals surface area contributed by atoms with Crippen LogP contribution in [0.25, 0.3) is 0 Å². The summed E-state index contributed by atoms with van der Waals surface area (Å²) in [4.78, 5) is 0. The van der Waals surface area contributed by atoms with Crippen molar-refractivity contribution < 1.29 is 5.11 Å². The molecule has 17 heavy (non-hydrogen) atoms. The first-order chi connectivity index (χ1) is 7.96. The van der Waals surface area contributed by atoms with Gasteiger partial charge in [0.1, 0.15) is 0 Å². The zero-order chi connectivity index (χ0) is 13.1. The van der Waals surface area contributed by atoms with E-state index in [4.69, 9.17) is 5.73 Å². The summed E-state index contributed by atoms with van der Waals surface area (Å²) in [6.07, 6.45) is 0.857. The van der Waals surface area contributed by atoms with Crippen LogP contribution in [-0.4, -0.2) is 18.3 Å². The number of aryl methyl sites for hydroxylation is 2. The Balaban J connectivity index is 3.10. The molecule has 96 valence electrons. The molecule has 0 aliphatic heterocycles. The van der Waals surface area contributed by atoms with Crippen LogP contribution in [0.5, 0.6) is 0 Å². The molecule has 1 rings (SSSR count). The molecule has 1 aromatic carbocycles. The molecule has 0 radical (unpaired) electrons. The standard InChI is InChI=1S/C15H25NO/c1-11(2)15(9-16,10-17)8-14-12(3)6-5-7-13(14)4/h5-7,11,17H,8-10,16H2,1-4H3. The van der Waals surface area contributed by atoms with E-state index in [2.05, 4.69) is 45.9 Å². The molecule has 2 heteroatoms. The van der Waals surface area contributed by atoms with Crippen LogP contribution in [0.4, 0.5) is 0 Å². The highest BCUT2D eigenvalue weighted by Gasteiger charge is 2.32. The maximum atomic E-state index is 9.71. The number of aliphatic hydroxyl groups is 1. The maximum Gasteiger partial charge on any atom is 0.0505 e. The molecular weight excluding hydrogens is 210 g/mol. The minimum Gasteiger partial charge on any atom is -0.396 e. The van der Waals surface area contributed by atoms with E-state index in [1.807, 2.05) is 0 Å². The molecular formula is C15H25NO. The van der Waals surface area contributed by atoms with Crippen molar-refractivity contribution in [3.8, 4) is 0 Å². The van der Waals surface area contributed by atoms with Gasteiger partial charge in [0.25, 0.3) is 0 Å². The third kappa shape index (κ3) is 2.88. The van der Waals surface area contributed by atoms with Crippen LogP contribution in [0.1, 0.15) is 30.5 Å². The maximum absolute atomic E-state index is 9.71. The molecule has 0 saturated heterocycles. The molecule has 0 spiro atoms. The summed E-state index contributed by atoms with van der Waals surface area (Å²) in [5, 5.41) is 9.71. The number of nitrogens with two attached hydrogens (primary N) is 1. The average Bonchev–Trinajstić information content (AvgIpc) is 2.29. The van der Waals surface area contributed by atoms with Crippen LogP contribution in [0.3, 0.4) is 0 Å². The highest BCUT2D eigenvalue weighted by Crippen LogP contribution is 2.32. The summed E-state index contributed by atoms with van der Waals surface area (Å²) < 4.78 is 0. The van der Waals surface area contributed by atoms with Gasteiger partial charge in [-0.3, -0.25) is 0 Å². The Hall–Kier alpha value is -0.860. The van der Waals surface area contributed by atoms with Crippen molar-refractivity contribution in [3.63, 3.8) is 0 Å². The van der Waals surface area contributed by atoms with Crippen molar-refractivity contribution in [1.82, 2.24) is 0 Å². The molecule has 0 aliphatic rings. The van der Waals surface area contributed by atoms with Gasteiger partial charge in [0.2, 0.25) is 0 Å². The largest absolute Gasteiger partial charge is 0.396 e. The molecule has 0 saturated carbocycles. The first kappa shape index (κ1) is 14.2. The number of hydrogen-bond donors (Lipinski definition) is 2. The Kier molecular flexibility index (Phi) is 4.72. The Bertz CT molecular complexity index is 347. The van der Waals surface area contributed by atoms with Crippen molar-refractivity contribution in [2.45, 2.75) is 34.1 Å². The van der Waals surface area contributed by atoms with E-state index in [-0.39, 0.29) is 12.0 Å². The summed E-state index contributed by atoms with van der Waals surface area (Å²) >= 11 is 0. The fourth-order valence-electron chi connectivity index (χ4n) is 2.29. The number of aliphatic hydroxyl groups excluding tert-OH is 1. The zero-order valence-electron chi connectivity index (χ0n) is 11.5. The highest BCUT2D eigenvalue weighted by atomic mass is 16.3. The van der Waals surface area contributed by atoms with Crippen LogP contribution >= 0.6 is 0 Å². The summed E-state index contributed by atoms with van der Waals surface area (Å²) in [5.41, 5.74) is 9.62. The van der Waals surface area contributed by atoms with Gasteiger partial charge in [-0.2, -0.15) is 0 Å². The van der Waals surface area contributed by atoms with Crippen molar-refractivity contribution in [3.05, 3.63) is 34.9 Å². The quantitative estimate of drug-likeness (QED) is 0.823. The van der Waals surface area contributed by atoms with Crippen LogP contribution in [-0.2, 0) is 6.42 Å². The zero-order valence-corrected chi connectivity index (χ0v) is 11.5. The van der Waals surface area contributed by atoms with Crippen molar-refractivity contribution in [2.24, 2.45) is 17.1 Å². The van der Waals surface area contributed by atoms with E-state index in [1.165, 1.54) is 16.7 Å². The monoisotopic (exact) mass is 235 g/mol. The summed E-state index contributed by atoms with van der Waals surface area (Å²) in [7, 11) is 0. The second-order valence-corrected chi connectivity index (χ2v) is 5.43. The molecule has 0 aliphatic carbocycles. The van der Waals surface area contributed by atoms with Crippen LogP contribution in [0.2, 0.25) is 0 Å². The first-order valence-electron chi connectivity index (χ1n) is 6.33. The van der Waals surface area contributed by atoms with Crippen LogP contribution < -0.4 is 5.73 Å². The van der Waals surface area contributed by atoms with Gasteiger partial charge in [0.05, 0.1) is 6.61 Å². The van der Waals surface area contributed by atoms with Gasteiger partial charge in [-0.1, -0.05) is 32.0 Å². The lowest BCUT2D eigenvalue weighted by Crippen LogP contribution is -2.41. The first-order valence-corrected chi connectivity index (χ1v) is 6.33. The summed E-state index contributed by atoms with van der Waals surface area (Å²) in [5.74, 6) is 0.372. The average molecular weight is 235 g/mol. The fourth-order valence-corrected chi connectivity index (χ4v) is 2.29. The van der Waals surface area contributed by atoms with Crippen molar-refractivity contribution in [2.75, 3.05) is 13.2 Å². The van der Waals surface area contributed by atoms with Gasteiger partial charge < -0.3 is 10.8 Å². The Morgan fingerprint density at radius 3 is 2.12 bits per heavy atom. The van der Waals surface area contributed by atoms with E-state index in [1.54, 1.807) is 0 Å². The molecule has 1 unspecified atom stereocenters. The molecule has 3 N–H and O–H groups in total. The Labute approximate surface area is 105 Å². The molecule has 0 bridgehead atoms. The minimum atomic E-state index is -0.198. The van der Waals surface area contributed by atoms with Gasteiger partial charge in [-0.05, 0) is 42.9 Å². The van der Waals surface area contributed by atoms with Gasteiger partial charge in [-0.15, -0.1) is 0 Å². The van der Waals surface area contributed by atoms with E-state index in [9.17, 15) is 5.11 Å². The van der Waals surface area contributed by atoms with Gasteiger partial charge >= 0.3 is 0 Å². The van der Waals surface area contributed by atoms with Gasteiger partial charge in [0.15, 0.2) is 0 Å². The molecule has 0 fully saturated rings. The molecule has 0 aromatic heterocycles. The summed E-state index contributed by atoms with van der Waals surface area (Å²) in [6.45, 7) is 9.19. The molecule has 1 atom stereocenters. The fraction of sp³-hybridized carbons (Fsp3) is 0.600. The van der Waals surface area contributed by atoms with Gasteiger partial charge in [-0.25, -0.2) is 0 Å². The van der Waals surface area contributed by atoms with E-state index >= 15 is 0 Å². The van der Waals surface area contributed by atoms with Crippen LogP contribution in [0.15, 0.2) is 18.2 Å². The van der Waals surface area contributed by atoms with Crippen molar-refractivity contribution >= 4 is 0 Å². The Morgan fingerprint density at radius 2 is 1.76 bits per heavy atom. The molecule has 0 amide bonds. The number of benzene rings is 1. The normalized spacial score (nSPS) is 15.0. The van der Waals surface area contributed by atoms with E-state index in [0.717, 1.165) is 6.42 Å². The number of rotatable bonds is 5. The summed E-state index contributed by atoms with van der Waals surface area (Å²) in [6, 6.07) is 6.33.